The first-order valence-electron chi connectivity index (χ1n) is 13.5. The van der Waals surface area contributed by atoms with Crippen molar-refractivity contribution in [2.75, 3.05) is 57.8 Å². The average Bonchev–Trinajstić information content (AvgIpc) is 3.31. The van der Waals surface area contributed by atoms with Crippen LogP contribution in [0.3, 0.4) is 0 Å². The van der Waals surface area contributed by atoms with Crippen LogP contribution in [-0.2, 0) is 4.57 Å². The molecule has 1 aromatic heterocycles. The molecule has 0 saturated carbocycles. The number of alkyl halides is 1. The molecule has 1 saturated heterocycles. The molecule has 4 aromatic rings. The van der Waals surface area contributed by atoms with Gasteiger partial charge in [0.25, 0.3) is 0 Å². The fourth-order valence-corrected chi connectivity index (χ4v) is 7.10. The summed E-state index contributed by atoms with van der Waals surface area (Å²) >= 11 is 1.55. The third-order valence-electron chi connectivity index (χ3n) is 7.31. The maximum atomic E-state index is 14.9. The molecule has 2 heterocycles. The van der Waals surface area contributed by atoms with Gasteiger partial charge in [-0.05, 0) is 68.8 Å². The van der Waals surface area contributed by atoms with E-state index in [1.165, 1.54) is 12.1 Å². The van der Waals surface area contributed by atoms with E-state index in [-0.39, 0.29) is 11.9 Å². The van der Waals surface area contributed by atoms with Crippen LogP contribution in [0.15, 0.2) is 60.7 Å². The van der Waals surface area contributed by atoms with Gasteiger partial charge in [-0.15, -0.1) is 11.3 Å². The van der Waals surface area contributed by atoms with E-state index in [1.54, 1.807) is 50.0 Å². The number of anilines is 2. The van der Waals surface area contributed by atoms with Crippen LogP contribution in [0.25, 0.3) is 21.2 Å². The predicted octanol–water partition coefficient (Wildman–Crippen LogP) is 6.88. The van der Waals surface area contributed by atoms with Crippen molar-refractivity contribution in [1.29, 1.82) is 0 Å². The Morgan fingerprint density at radius 1 is 1.12 bits per heavy atom. The van der Waals surface area contributed by atoms with Gasteiger partial charge >= 0.3 is 0 Å². The minimum atomic E-state index is -2.41. The van der Waals surface area contributed by atoms with Crippen LogP contribution >= 0.6 is 18.5 Å². The lowest BCUT2D eigenvalue weighted by Crippen LogP contribution is -2.46. The predicted molar refractivity (Wildman–Crippen MR) is 169 cm³/mol. The van der Waals surface area contributed by atoms with Crippen LogP contribution in [-0.4, -0.2) is 64.2 Å². The summed E-state index contributed by atoms with van der Waals surface area (Å²) in [7, 11) is 1.11. The number of rotatable bonds is 7. The highest BCUT2D eigenvalue weighted by atomic mass is 32.1. The molecule has 1 aliphatic heterocycles. The smallest absolute Gasteiger partial charge is 0.142 e. The first-order chi connectivity index (χ1) is 19.6. The first kappa shape index (κ1) is 29.1. The highest BCUT2D eigenvalue weighted by molar-refractivity contribution is 7.70. The largest absolute Gasteiger partial charge is 0.495 e. The zero-order valence-corrected chi connectivity index (χ0v) is 25.3. The quantitative estimate of drug-likeness (QED) is 0.181. The maximum absolute atomic E-state index is 14.9. The number of nitrogens with zero attached hydrogens (tertiary/aromatic N) is 1. The van der Waals surface area contributed by atoms with E-state index in [1.807, 2.05) is 42.3 Å². The number of halogens is 2. The normalized spacial score (nSPS) is 17.6. The summed E-state index contributed by atoms with van der Waals surface area (Å²) in [5.74, 6) is 6.85. The van der Waals surface area contributed by atoms with Gasteiger partial charge < -0.3 is 24.8 Å². The molecule has 1 aliphatic rings. The minimum Gasteiger partial charge on any atom is -0.495 e. The summed E-state index contributed by atoms with van der Waals surface area (Å²) in [6.07, 6.45) is -0.236. The number of hydrogen-bond donors (Lipinski definition) is 2. The van der Waals surface area contributed by atoms with Crippen LogP contribution in [0.1, 0.15) is 11.3 Å². The van der Waals surface area contributed by atoms with Crippen LogP contribution < -0.4 is 20.7 Å². The SMILES string of the molecule is COc1cc(P(C)(C)=O)ccc1NCC#Cc1sc2c(NC3CCN(C)C[C@@H]3F)cccc2c1-c1ccc(F)cc1. The Bertz CT molecular complexity index is 1660. The lowest BCUT2D eigenvalue weighted by atomic mass is 10.0. The monoisotopic (exact) mass is 593 g/mol. The Morgan fingerprint density at radius 3 is 2.61 bits per heavy atom. The molecular weight excluding hydrogens is 559 g/mol. The van der Waals surface area contributed by atoms with E-state index in [9.17, 15) is 13.3 Å². The van der Waals surface area contributed by atoms with E-state index in [0.29, 0.717) is 18.8 Å². The van der Waals surface area contributed by atoms with Crippen molar-refractivity contribution in [3.05, 3.63) is 71.4 Å². The number of nitrogens with one attached hydrogen (secondary N) is 2. The molecule has 1 unspecified atom stereocenters. The number of ether oxygens (including phenoxy) is 1. The van der Waals surface area contributed by atoms with Gasteiger partial charge in [-0.25, -0.2) is 8.78 Å². The van der Waals surface area contributed by atoms with E-state index in [2.05, 4.69) is 22.5 Å². The first-order valence-corrected chi connectivity index (χ1v) is 16.9. The second kappa shape index (κ2) is 12.2. The van der Waals surface area contributed by atoms with Crippen molar-refractivity contribution in [3.8, 4) is 28.7 Å². The topological polar surface area (TPSA) is 53.6 Å². The fourth-order valence-electron chi connectivity index (χ4n) is 5.07. The second-order valence-electron chi connectivity index (χ2n) is 10.7. The van der Waals surface area contributed by atoms with Gasteiger partial charge in [0, 0.05) is 29.3 Å². The molecular formula is C32H34F2N3O2PS. The summed E-state index contributed by atoms with van der Waals surface area (Å²) in [5, 5.41) is 8.51. The third-order valence-corrected chi connectivity index (χ3v) is 9.99. The molecule has 0 amide bonds. The Morgan fingerprint density at radius 2 is 1.90 bits per heavy atom. The summed E-state index contributed by atoms with van der Waals surface area (Å²) in [6, 6.07) is 17.7. The van der Waals surface area contributed by atoms with Gasteiger partial charge in [0.2, 0.25) is 0 Å². The molecule has 3 aromatic carbocycles. The number of fused-ring (bicyclic) bond motifs is 1. The number of likely N-dealkylation sites (tertiary alicyclic amines) is 1. The highest BCUT2D eigenvalue weighted by Crippen LogP contribution is 2.42. The van der Waals surface area contributed by atoms with E-state index >= 15 is 0 Å². The lowest BCUT2D eigenvalue weighted by Gasteiger charge is -2.33. The minimum absolute atomic E-state index is 0.261. The highest BCUT2D eigenvalue weighted by Gasteiger charge is 2.28. The Kier molecular flexibility index (Phi) is 8.70. The average molecular weight is 594 g/mol. The molecule has 2 atom stereocenters. The van der Waals surface area contributed by atoms with Gasteiger partial charge in [0.05, 0.1) is 40.6 Å². The summed E-state index contributed by atoms with van der Waals surface area (Å²) in [4.78, 5) is 2.86. The van der Waals surface area contributed by atoms with E-state index in [4.69, 9.17) is 4.74 Å². The van der Waals surface area contributed by atoms with Crippen LogP contribution in [0.4, 0.5) is 20.2 Å². The van der Waals surface area contributed by atoms with Gasteiger partial charge in [-0.3, -0.25) is 0 Å². The molecule has 5 rings (SSSR count). The van der Waals surface area contributed by atoms with Crippen LogP contribution in [0.5, 0.6) is 5.75 Å². The van der Waals surface area contributed by atoms with Crippen LogP contribution in [0.2, 0.25) is 0 Å². The van der Waals surface area contributed by atoms with E-state index < -0.39 is 13.3 Å². The standard InChI is InChI=1S/C32H34F2N3O2PS/c1-37-18-16-26(25(34)20-37)36-28-8-5-7-24-31(21-10-12-22(33)13-11-21)30(41-32(24)28)9-6-17-35-27-15-14-23(40(3,4)38)19-29(27)39-2/h5,7-8,10-15,19,25-26,35-36H,16-18,20H2,1-4H3/t25-,26?/m0/s1. The molecule has 0 radical (unpaired) electrons. The van der Waals surface area contributed by atoms with Crippen molar-refractivity contribution < 1.29 is 18.1 Å². The van der Waals surface area contributed by atoms with Gasteiger partial charge in [0.1, 0.15) is 24.9 Å². The molecule has 9 heteroatoms. The van der Waals surface area contributed by atoms with Crippen molar-refractivity contribution >= 4 is 45.2 Å². The molecule has 5 nitrogen and oxygen atoms in total. The molecule has 1 fully saturated rings. The zero-order valence-electron chi connectivity index (χ0n) is 23.6. The lowest BCUT2D eigenvalue weighted by molar-refractivity contribution is 0.149. The fraction of sp³-hybridized carbons (Fsp3) is 0.312. The molecule has 0 aliphatic carbocycles. The Hall–Kier alpha value is -3.37. The van der Waals surface area contributed by atoms with Gasteiger partial charge in [0.15, 0.2) is 0 Å². The third kappa shape index (κ3) is 6.59. The number of piperidine rings is 1. The van der Waals surface area contributed by atoms with Crippen molar-refractivity contribution in [2.45, 2.75) is 18.6 Å². The molecule has 2 N–H and O–H groups in total. The summed E-state index contributed by atoms with van der Waals surface area (Å²) in [6.45, 7) is 5.06. The van der Waals surface area contributed by atoms with Crippen LogP contribution in [0, 0.1) is 17.7 Å². The van der Waals surface area contributed by atoms with Gasteiger partial charge in [-0.2, -0.15) is 0 Å². The second-order valence-corrected chi connectivity index (χ2v) is 14.9. The summed E-state index contributed by atoms with van der Waals surface area (Å²) < 4.78 is 47.6. The molecule has 214 valence electrons. The number of methoxy groups -OCH3 is 1. The Labute approximate surface area is 244 Å². The maximum Gasteiger partial charge on any atom is 0.142 e. The van der Waals surface area contributed by atoms with Crippen molar-refractivity contribution in [2.24, 2.45) is 0 Å². The molecule has 0 bridgehead atoms. The molecule has 0 spiro atoms. The molecule has 41 heavy (non-hydrogen) atoms. The number of benzene rings is 3. The summed E-state index contributed by atoms with van der Waals surface area (Å²) in [5.41, 5.74) is 3.45. The van der Waals surface area contributed by atoms with Crippen molar-refractivity contribution in [1.82, 2.24) is 4.90 Å². The zero-order chi connectivity index (χ0) is 29.1. The van der Waals surface area contributed by atoms with E-state index in [0.717, 1.165) is 55.7 Å². The van der Waals surface area contributed by atoms with Gasteiger partial charge in [-0.1, -0.05) is 36.1 Å². The number of thiophene rings is 1. The van der Waals surface area contributed by atoms with Crippen molar-refractivity contribution in [3.63, 3.8) is 0 Å². The Balaban J connectivity index is 1.46. The number of hydrogen-bond acceptors (Lipinski definition) is 6.